The molecule has 39 heavy (non-hydrogen) atoms. The van der Waals surface area contributed by atoms with Gasteiger partial charge in [-0.05, 0) is 85.2 Å². The molecule has 4 aromatic rings. The maximum atomic E-state index is 13.2. The molecule has 3 aromatic carbocycles. The van der Waals surface area contributed by atoms with Crippen LogP contribution in [0.1, 0.15) is 58.4 Å². The van der Waals surface area contributed by atoms with E-state index in [2.05, 4.69) is 6.07 Å². The van der Waals surface area contributed by atoms with Gasteiger partial charge in [-0.25, -0.2) is 4.39 Å². The first-order valence-corrected chi connectivity index (χ1v) is 13.4. The number of aryl methyl sites for hydroxylation is 1. The van der Waals surface area contributed by atoms with Crippen molar-refractivity contribution in [2.45, 2.75) is 45.6 Å². The van der Waals surface area contributed by atoms with Crippen molar-refractivity contribution in [3.63, 3.8) is 0 Å². The molecule has 5 rings (SSSR count). The summed E-state index contributed by atoms with van der Waals surface area (Å²) in [5.74, 6) is 0.248. The zero-order valence-electron chi connectivity index (χ0n) is 22.1. The summed E-state index contributed by atoms with van der Waals surface area (Å²) in [5, 5.41) is 14.5. The van der Waals surface area contributed by atoms with E-state index in [1.165, 1.54) is 12.1 Å². The number of rotatable bonds is 8. The number of piperidine rings is 1. The molecule has 0 unspecified atom stereocenters. The Kier molecular flexibility index (Phi) is 7.83. The number of ketones is 1. The lowest BCUT2D eigenvalue weighted by atomic mass is 9.96. The van der Waals surface area contributed by atoms with Gasteiger partial charge in [0.1, 0.15) is 5.82 Å². The summed E-state index contributed by atoms with van der Waals surface area (Å²) in [6, 6.07) is 19.7. The molecular weight excluding hydrogens is 491 g/mol. The molecule has 0 radical (unpaired) electrons. The Balaban J connectivity index is 1.18. The van der Waals surface area contributed by atoms with Gasteiger partial charge in [0.25, 0.3) is 5.91 Å². The van der Waals surface area contributed by atoms with Crippen molar-refractivity contribution >= 4 is 22.6 Å². The number of halogens is 1. The third kappa shape index (κ3) is 5.91. The monoisotopic (exact) mass is 522 g/mol. The fraction of sp³-hybridized carbons (Fsp3) is 0.312. The van der Waals surface area contributed by atoms with Gasteiger partial charge in [0.05, 0.1) is 11.6 Å². The lowest BCUT2D eigenvalue weighted by Crippen LogP contribution is -2.39. The van der Waals surface area contributed by atoms with Crippen LogP contribution in [0.15, 0.2) is 66.9 Å². The SMILES string of the molecule is Cc1c(C(=O)CCCC#N)ccc2nn(CC3CCN(C(=O)c4ccc(-c5ccc(F)cc5)cc4)CC3)cc12. The molecule has 1 aliphatic heterocycles. The average Bonchev–Trinajstić information content (AvgIpc) is 3.37. The van der Waals surface area contributed by atoms with Crippen molar-refractivity contribution in [1.82, 2.24) is 14.7 Å². The van der Waals surface area contributed by atoms with Gasteiger partial charge >= 0.3 is 0 Å². The van der Waals surface area contributed by atoms with Crippen LogP contribution in [0.5, 0.6) is 0 Å². The molecule has 1 aromatic heterocycles. The van der Waals surface area contributed by atoms with Crippen LogP contribution in [0, 0.1) is 30.0 Å². The molecular formula is C32H31FN4O2. The molecule has 0 aliphatic carbocycles. The van der Waals surface area contributed by atoms with Gasteiger partial charge < -0.3 is 4.90 Å². The van der Waals surface area contributed by atoms with Crippen molar-refractivity contribution in [2.75, 3.05) is 13.1 Å². The third-order valence-corrected chi connectivity index (χ3v) is 7.66. The van der Waals surface area contributed by atoms with Gasteiger partial charge in [0.2, 0.25) is 0 Å². The quantitative estimate of drug-likeness (QED) is 0.193. The Morgan fingerprint density at radius 3 is 2.33 bits per heavy atom. The van der Waals surface area contributed by atoms with Crippen molar-refractivity contribution in [2.24, 2.45) is 5.92 Å². The van der Waals surface area contributed by atoms with E-state index in [0.717, 1.165) is 47.0 Å². The molecule has 1 saturated heterocycles. The van der Waals surface area contributed by atoms with E-state index in [9.17, 15) is 14.0 Å². The second-order valence-electron chi connectivity index (χ2n) is 10.3. The molecule has 0 spiro atoms. The smallest absolute Gasteiger partial charge is 0.253 e. The van der Waals surface area contributed by atoms with Crippen LogP contribution in [0.4, 0.5) is 4.39 Å². The topological polar surface area (TPSA) is 79.0 Å². The van der Waals surface area contributed by atoms with E-state index in [-0.39, 0.29) is 17.5 Å². The first kappa shape index (κ1) is 26.3. The normalized spacial score (nSPS) is 13.9. The molecule has 7 heteroatoms. The number of nitriles is 1. The minimum atomic E-state index is -0.269. The van der Waals surface area contributed by atoms with Crippen molar-refractivity contribution < 1.29 is 14.0 Å². The van der Waals surface area contributed by atoms with Crippen molar-refractivity contribution in [3.05, 3.63) is 89.4 Å². The maximum absolute atomic E-state index is 13.2. The number of likely N-dealkylation sites (tertiary alicyclic amines) is 1. The first-order valence-electron chi connectivity index (χ1n) is 13.4. The van der Waals surface area contributed by atoms with Crippen molar-refractivity contribution in [3.8, 4) is 17.2 Å². The highest BCUT2D eigenvalue weighted by Gasteiger charge is 2.24. The van der Waals surface area contributed by atoms with Gasteiger partial charge in [-0.2, -0.15) is 10.4 Å². The van der Waals surface area contributed by atoms with Crippen LogP contribution in [0.25, 0.3) is 22.0 Å². The summed E-state index contributed by atoms with van der Waals surface area (Å²) >= 11 is 0. The number of unbranched alkanes of at least 4 members (excludes halogenated alkanes) is 1. The van der Waals surface area contributed by atoms with E-state index < -0.39 is 0 Å². The van der Waals surface area contributed by atoms with E-state index in [0.29, 0.717) is 49.4 Å². The van der Waals surface area contributed by atoms with E-state index >= 15 is 0 Å². The zero-order valence-corrected chi connectivity index (χ0v) is 22.1. The number of nitrogens with zero attached hydrogens (tertiary/aromatic N) is 4. The van der Waals surface area contributed by atoms with Crippen LogP contribution in [0.2, 0.25) is 0 Å². The van der Waals surface area contributed by atoms with Gasteiger partial charge in [-0.3, -0.25) is 14.3 Å². The molecule has 2 heterocycles. The van der Waals surface area contributed by atoms with Crippen LogP contribution >= 0.6 is 0 Å². The Labute approximate surface area is 227 Å². The van der Waals surface area contributed by atoms with Crippen LogP contribution in [0.3, 0.4) is 0 Å². The van der Waals surface area contributed by atoms with Crippen LogP contribution < -0.4 is 0 Å². The highest BCUT2D eigenvalue weighted by molar-refractivity contribution is 6.01. The minimum absolute atomic E-state index is 0.0338. The molecule has 0 atom stereocenters. The van der Waals surface area contributed by atoms with Gasteiger partial charge in [0, 0.05) is 55.2 Å². The summed E-state index contributed by atoms with van der Waals surface area (Å²) < 4.78 is 15.2. The molecule has 1 aliphatic rings. The largest absolute Gasteiger partial charge is 0.339 e. The molecule has 1 fully saturated rings. The number of carbonyl (C=O) groups is 2. The van der Waals surface area contributed by atoms with Gasteiger partial charge in [-0.15, -0.1) is 0 Å². The summed E-state index contributed by atoms with van der Waals surface area (Å²) in [5.41, 5.74) is 5.03. The fourth-order valence-corrected chi connectivity index (χ4v) is 5.35. The third-order valence-electron chi connectivity index (χ3n) is 7.66. The molecule has 1 amide bonds. The van der Waals surface area contributed by atoms with Gasteiger partial charge in [-0.1, -0.05) is 24.3 Å². The number of benzene rings is 3. The van der Waals surface area contributed by atoms with E-state index in [1.54, 1.807) is 12.1 Å². The second-order valence-corrected chi connectivity index (χ2v) is 10.3. The number of fused-ring (bicyclic) bond motifs is 1. The predicted octanol–water partition coefficient (Wildman–Crippen LogP) is 6.58. The van der Waals surface area contributed by atoms with E-state index in [4.69, 9.17) is 10.4 Å². The predicted molar refractivity (Wildman–Crippen MR) is 149 cm³/mol. The Morgan fingerprint density at radius 2 is 1.67 bits per heavy atom. The van der Waals surface area contributed by atoms with Crippen LogP contribution in [-0.2, 0) is 6.54 Å². The summed E-state index contributed by atoms with van der Waals surface area (Å²) in [6.07, 6.45) is 5.17. The maximum Gasteiger partial charge on any atom is 0.253 e. The lowest BCUT2D eigenvalue weighted by molar-refractivity contribution is 0.0681. The molecule has 0 saturated carbocycles. The number of aromatic nitrogens is 2. The minimum Gasteiger partial charge on any atom is -0.339 e. The Bertz CT molecular complexity index is 1530. The highest BCUT2D eigenvalue weighted by Crippen LogP contribution is 2.26. The molecule has 0 bridgehead atoms. The molecule has 198 valence electrons. The lowest BCUT2D eigenvalue weighted by Gasteiger charge is -2.32. The second kappa shape index (κ2) is 11.6. The zero-order chi connectivity index (χ0) is 27.4. The number of carbonyl (C=O) groups excluding carboxylic acids is 2. The first-order chi connectivity index (χ1) is 18.9. The van der Waals surface area contributed by atoms with E-state index in [1.807, 2.05) is 59.1 Å². The van der Waals surface area contributed by atoms with Gasteiger partial charge in [0.15, 0.2) is 5.78 Å². The fourth-order valence-electron chi connectivity index (χ4n) is 5.35. The molecule has 0 N–H and O–H groups in total. The Morgan fingerprint density at radius 1 is 1.00 bits per heavy atom. The average molecular weight is 523 g/mol. The number of hydrogen-bond acceptors (Lipinski definition) is 4. The summed E-state index contributed by atoms with van der Waals surface area (Å²) in [4.78, 5) is 27.6. The summed E-state index contributed by atoms with van der Waals surface area (Å²) in [7, 11) is 0. The number of Topliss-reactive ketones (excluding diaryl/α,β-unsaturated/α-hetero) is 1. The standard InChI is InChI=1S/C32H31FN4O2/c1-22-28(31(38)4-2-3-17-34)13-14-30-29(22)21-37(35-30)20-23-15-18-36(19-16-23)32(39)26-7-5-24(6-8-26)25-9-11-27(33)12-10-25/h5-14,21,23H,2-4,15-16,18-20H2,1H3. The highest BCUT2D eigenvalue weighted by atomic mass is 19.1. The number of amides is 1. The number of hydrogen-bond donors (Lipinski definition) is 0. The van der Waals surface area contributed by atoms with Crippen LogP contribution in [-0.4, -0.2) is 39.5 Å². The molecule has 6 nitrogen and oxygen atoms in total. The Hall–Kier alpha value is -4.31. The summed E-state index contributed by atoms with van der Waals surface area (Å²) in [6.45, 7) is 4.13. The van der Waals surface area contributed by atoms with Crippen molar-refractivity contribution in [1.29, 1.82) is 5.26 Å².